The van der Waals surface area contributed by atoms with E-state index in [2.05, 4.69) is 24.1 Å². The van der Waals surface area contributed by atoms with E-state index in [1.807, 2.05) is 0 Å². The highest BCUT2D eigenvalue weighted by Crippen LogP contribution is 2.26. The van der Waals surface area contributed by atoms with Crippen LogP contribution in [0.3, 0.4) is 0 Å². The summed E-state index contributed by atoms with van der Waals surface area (Å²) in [5, 5.41) is 3.50. The van der Waals surface area contributed by atoms with Crippen molar-refractivity contribution in [3.63, 3.8) is 0 Å². The quantitative estimate of drug-likeness (QED) is 0.691. The molecule has 0 aromatic rings. The molecule has 0 bridgehead atoms. The van der Waals surface area contributed by atoms with Gasteiger partial charge in [-0.25, -0.2) is 4.39 Å². The summed E-state index contributed by atoms with van der Waals surface area (Å²) < 4.78 is 13.1. The number of nitrogens with zero attached hydrogens (tertiary/aromatic N) is 1. The number of likely N-dealkylation sites (tertiary alicyclic amines) is 1. The first kappa shape index (κ1) is 10.4. The van der Waals surface area contributed by atoms with Gasteiger partial charge in [0.2, 0.25) is 0 Å². The fourth-order valence-electron chi connectivity index (χ4n) is 2.73. The van der Waals surface area contributed by atoms with Crippen molar-refractivity contribution >= 4 is 0 Å². The van der Waals surface area contributed by atoms with Crippen LogP contribution in [0, 0.1) is 0 Å². The van der Waals surface area contributed by atoms with Gasteiger partial charge >= 0.3 is 0 Å². The van der Waals surface area contributed by atoms with E-state index in [-0.39, 0.29) is 5.54 Å². The van der Waals surface area contributed by atoms with E-state index in [0.29, 0.717) is 12.6 Å². The van der Waals surface area contributed by atoms with Gasteiger partial charge in [-0.2, -0.15) is 0 Å². The van der Waals surface area contributed by atoms with Crippen LogP contribution >= 0.6 is 0 Å². The number of alkyl halides is 1. The molecule has 2 aliphatic heterocycles. The highest BCUT2D eigenvalue weighted by atomic mass is 19.1. The molecule has 2 unspecified atom stereocenters. The van der Waals surface area contributed by atoms with E-state index in [1.54, 1.807) is 0 Å². The zero-order valence-corrected chi connectivity index (χ0v) is 9.22. The molecule has 0 saturated carbocycles. The van der Waals surface area contributed by atoms with Crippen LogP contribution in [0.15, 0.2) is 0 Å². The molecule has 0 radical (unpaired) electrons. The van der Waals surface area contributed by atoms with Gasteiger partial charge in [-0.1, -0.05) is 0 Å². The smallest absolute Gasteiger partial charge is 0.114 e. The molecule has 2 rings (SSSR count). The van der Waals surface area contributed by atoms with Crippen LogP contribution in [0.2, 0.25) is 0 Å². The van der Waals surface area contributed by atoms with Crippen LogP contribution in [0.4, 0.5) is 4.39 Å². The van der Waals surface area contributed by atoms with Gasteiger partial charge in [0, 0.05) is 24.7 Å². The molecule has 2 fully saturated rings. The maximum Gasteiger partial charge on any atom is 0.114 e. The molecule has 14 heavy (non-hydrogen) atoms. The van der Waals surface area contributed by atoms with Crippen molar-refractivity contribution in [3.8, 4) is 0 Å². The Bertz CT molecular complexity index is 205. The van der Waals surface area contributed by atoms with Crippen LogP contribution in [0.1, 0.15) is 33.1 Å². The molecule has 2 atom stereocenters. The topological polar surface area (TPSA) is 15.3 Å². The van der Waals surface area contributed by atoms with Gasteiger partial charge in [0.05, 0.1) is 0 Å². The van der Waals surface area contributed by atoms with Crippen molar-refractivity contribution in [3.05, 3.63) is 0 Å². The van der Waals surface area contributed by atoms with Gasteiger partial charge in [-0.05, 0) is 39.7 Å². The van der Waals surface area contributed by atoms with E-state index in [0.717, 1.165) is 25.9 Å². The Morgan fingerprint density at radius 1 is 1.36 bits per heavy atom. The van der Waals surface area contributed by atoms with Crippen molar-refractivity contribution in [1.82, 2.24) is 10.2 Å². The van der Waals surface area contributed by atoms with Gasteiger partial charge < -0.3 is 5.32 Å². The summed E-state index contributed by atoms with van der Waals surface area (Å²) in [5.41, 5.74) is 0.233. The number of hydrogen-bond acceptors (Lipinski definition) is 2. The number of rotatable bonds is 1. The van der Waals surface area contributed by atoms with Crippen LogP contribution in [-0.4, -0.2) is 42.3 Å². The predicted octanol–water partition coefficient (Wildman–Crippen LogP) is 1.56. The summed E-state index contributed by atoms with van der Waals surface area (Å²) >= 11 is 0. The van der Waals surface area contributed by atoms with Crippen molar-refractivity contribution in [2.75, 3.05) is 19.6 Å². The molecule has 2 saturated heterocycles. The lowest BCUT2D eigenvalue weighted by atomic mass is 9.88. The zero-order chi connectivity index (χ0) is 10.2. The van der Waals surface area contributed by atoms with E-state index in [4.69, 9.17) is 0 Å². The molecule has 82 valence electrons. The van der Waals surface area contributed by atoms with E-state index in [9.17, 15) is 4.39 Å². The molecule has 2 heterocycles. The third-order valence-corrected chi connectivity index (χ3v) is 3.51. The average Bonchev–Trinajstić information content (AvgIpc) is 2.50. The van der Waals surface area contributed by atoms with Crippen molar-refractivity contribution in [2.24, 2.45) is 0 Å². The Morgan fingerprint density at radius 3 is 2.71 bits per heavy atom. The number of nitrogens with one attached hydrogen (secondary N) is 1. The van der Waals surface area contributed by atoms with Crippen molar-refractivity contribution in [1.29, 1.82) is 0 Å². The Hall–Kier alpha value is -0.150. The fourth-order valence-corrected chi connectivity index (χ4v) is 2.73. The second-order valence-electron chi connectivity index (χ2n) is 5.34. The molecule has 0 aromatic heterocycles. The summed E-state index contributed by atoms with van der Waals surface area (Å²) in [5.74, 6) is 0. The molecular formula is C11H21FN2. The molecular weight excluding hydrogens is 179 g/mol. The van der Waals surface area contributed by atoms with E-state index < -0.39 is 6.17 Å². The monoisotopic (exact) mass is 200 g/mol. The van der Waals surface area contributed by atoms with Crippen LogP contribution in [0.25, 0.3) is 0 Å². The van der Waals surface area contributed by atoms with E-state index >= 15 is 0 Å². The summed E-state index contributed by atoms with van der Waals surface area (Å²) in [4.78, 5) is 2.34. The minimum atomic E-state index is -0.576. The van der Waals surface area contributed by atoms with Crippen molar-refractivity contribution in [2.45, 2.75) is 50.9 Å². The number of hydrogen-bond donors (Lipinski definition) is 1. The summed E-state index contributed by atoms with van der Waals surface area (Å²) in [6, 6.07) is 0.604. The second-order valence-corrected chi connectivity index (χ2v) is 5.34. The highest BCUT2D eigenvalue weighted by molar-refractivity contribution is 4.92. The first-order valence-electron chi connectivity index (χ1n) is 5.70. The Balaban J connectivity index is 1.91. The lowest BCUT2D eigenvalue weighted by molar-refractivity contribution is 0.135. The molecule has 1 N–H and O–H groups in total. The normalized spacial score (nSPS) is 38.8. The molecule has 2 nitrogen and oxygen atoms in total. The standard InChI is InChI=1S/C11H21FN2/c1-11(2)7-10(3-5-13-11)14-6-4-9(12)8-14/h9-10,13H,3-8H2,1-2H3. The molecule has 0 spiro atoms. The van der Waals surface area contributed by atoms with Crippen LogP contribution < -0.4 is 5.32 Å². The summed E-state index contributed by atoms with van der Waals surface area (Å²) in [7, 11) is 0. The van der Waals surface area contributed by atoms with Gasteiger partial charge in [-0.15, -0.1) is 0 Å². The zero-order valence-electron chi connectivity index (χ0n) is 9.22. The maximum absolute atomic E-state index is 13.1. The third kappa shape index (κ3) is 2.26. The maximum atomic E-state index is 13.1. The van der Waals surface area contributed by atoms with Crippen LogP contribution in [0.5, 0.6) is 0 Å². The Labute approximate surface area is 85.9 Å². The van der Waals surface area contributed by atoms with E-state index in [1.165, 1.54) is 6.42 Å². The van der Waals surface area contributed by atoms with Gasteiger partial charge in [0.25, 0.3) is 0 Å². The first-order chi connectivity index (χ1) is 6.57. The fraction of sp³-hybridized carbons (Fsp3) is 1.00. The second kappa shape index (κ2) is 3.78. The highest BCUT2D eigenvalue weighted by Gasteiger charge is 2.34. The summed E-state index contributed by atoms with van der Waals surface area (Å²) in [6.07, 6.45) is 2.49. The van der Waals surface area contributed by atoms with Crippen molar-refractivity contribution < 1.29 is 4.39 Å². The Morgan fingerprint density at radius 2 is 2.14 bits per heavy atom. The Kier molecular flexibility index (Phi) is 2.80. The van der Waals surface area contributed by atoms with Crippen LogP contribution in [-0.2, 0) is 0 Å². The number of halogens is 1. The molecule has 0 amide bonds. The lowest BCUT2D eigenvalue weighted by Gasteiger charge is -2.40. The average molecular weight is 200 g/mol. The molecule has 2 aliphatic rings. The molecule has 3 heteroatoms. The van der Waals surface area contributed by atoms with Gasteiger partial charge in [-0.3, -0.25) is 4.90 Å². The van der Waals surface area contributed by atoms with Gasteiger partial charge in [0.15, 0.2) is 0 Å². The molecule has 0 aromatic carbocycles. The number of piperidine rings is 1. The minimum absolute atomic E-state index is 0.233. The predicted molar refractivity (Wildman–Crippen MR) is 56.2 cm³/mol. The third-order valence-electron chi connectivity index (χ3n) is 3.51. The SMILES string of the molecule is CC1(C)CC(N2CCC(F)C2)CCN1. The molecule has 0 aliphatic carbocycles. The largest absolute Gasteiger partial charge is 0.312 e. The lowest BCUT2D eigenvalue weighted by Crippen LogP contribution is -2.52. The first-order valence-corrected chi connectivity index (χ1v) is 5.70. The minimum Gasteiger partial charge on any atom is -0.312 e. The summed E-state index contributed by atoms with van der Waals surface area (Å²) in [6.45, 7) is 7.18. The van der Waals surface area contributed by atoms with Gasteiger partial charge in [0.1, 0.15) is 6.17 Å².